The zero-order valence-corrected chi connectivity index (χ0v) is 34.7. The van der Waals surface area contributed by atoms with Crippen molar-refractivity contribution in [2.24, 2.45) is 5.92 Å². The minimum atomic E-state index is -0.969. The molecule has 1 fully saturated rings. The summed E-state index contributed by atoms with van der Waals surface area (Å²) < 4.78 is 16.1. The summed E-state index contributed by atoms with van der Waals surface area (Å²) in [6, 6.07) is 0. The highest BCUT2D eigenvalue weighted by Gasteiger charge is 2.36. The van der Waals surface area contributed by atoms with Gasteiger partial charge in [-0.3, -0.25) is 9.59 Å². The van der Waals surface area contributed by atoms with Gasteiger partial charge < -0.3 is 19.3 Å². The Morgan fingerprint density at radius 1 is 0.577 bits per heavy atom. The number of hydrogen-bond donors (Lipinski definition) is 1. The van der Waals surface area contributed by atoms with Crippen molar-refractivity contribution in [2.45, 2.75) is 251 Å². The van der Waals surface area contributed by atoms with E-state index in [0.29, 0.717) is 25.0 Å². The molecule has 1 aliphatic rings. The summed E-state index contributed by atoms with van der Waals surface area (Å²) in [6.07, 6.45) is 44.5. The van der Waals surface area contributed by atoms with Crippen LogP contribution < -0.4 is 0 Å². The van der Waals surface area contributed by atoms with Crippen LogP contribution >= 0.6 is 0 Å². The number of rotatable bonds is 40. The molecule has 306 valence electrons. The predicted molar refractivity (Wildman–Crippen MR) is 219 cm³/mol. The zero-order chi connectivity index (χ0) is 37.7. The lowest BCUT2D eigenvalue weighted by atomic mass is 9.99. The Morgan fingerprint density at radius 2 is 1.02 bits per heavy atom. The number of esters is 2. The molecular formula is C46H86O6. The second-order valence-electron chi connectivity index (χ2n) is 16.2. The van der Waals surface area contributed by atoms with Crippen molar-refractivity contribution < 1.29 is 28.9 Å². The lowest BCUT2D eigenvalue weighted by molar-refractivity contribution is -0.152. The molecule has 3 unspecified atom stereocenters. The van der Waals surface area contributed by atoms with E-state index >= 15 is 0 Å². The molecule has 1 N–H and O–H groups in total. The monoisotopic (exact) mass is 735 g/mol. The first kappa shape index (κ1) is 48.6. The van der Waals surface area contributed by atoms with Crippen LogP contribution in [0, 0.1) is 5.92 Å². The van der Waals surface area contributed by atoms with Crippen molar-refractivity contribution in [3.8, 4) is 0 Å². The Bertz CT molecular complexity index is 828. The van der Waals surface area contributed by atoms with E-state index in [1.165, 1.54) is 148 Å². The van der Waals surface area contributed by atoms with E-state index in [2.05, 4.69) is 32.9 Å². The van der Waals surface area contributed by atoms with E-state index in [1.54, 1.807) is 0 Å². The maximum Gasteiger partial charge on any atom is 0.305 e. The highest BCUT2D eigenvalue weighted by molar-refractivity contribution is 5.69. The van der Waals surface area contributed by atoms with Gasteiger partial charge in [0, 0.05) is 12.8 Å². The second kappa shape index (κ2) is 36.6. The van der Waals surface area contributed by atoms with Crippen LogP contribution in [-0.4, -0.2) is 48.6 Å². The molecule has 1 heterocycles. The van der Waals surface area contributed by atoms with Gasteiger partial charge >= 0.3 is 11.9 Å². The van der Waals surface area contributed by atoms with E-state index in [1.807, 2.05) is 0 Å². The third kappa shape index (κ3) is 33.2. The van der Waals surface area contributed by atoms with E-state index in [0.717, 1.165) is 57.3 Å². The Labute approximate surface area is 322 Å². The SMILES string of the molecule is CCCCCC1OC1C/C=C\CCCCCCCC(=O)OC[C@@H](O)COC(=O)CCCCCCCCCCCCCCCCCCCCC(C)CC. The van der Waals surface area contributed by atoms with Crippen molar-refractivity contribution >= 4 is 11.9 Å². The van der Waals surface area contributed by atoms with Gasteiger partial charge in [-0.25, -0.2) is 0 Å². The minimum Gasteiger partial charge on any atom is -0.463 e. The molecule has 1 aliphatic heterocycles. The van der Waals surface area contributed by atoms with Crippen LogP contribution in [0.3, 0.4) is 0 Å². The molecule has 6 nitrogen and oxygen atoms in total. The summed E-state index contributed by atoms with van der Waals surface area (Å²) >= 11 is 0. The highest BCUT2D eigenvalue weighted by Crippen LogP contribution is 2.30. The van der Waals surface area contributed by atoms with Crippen LogP contribution in [0.2, 0.25) is 0 Å². The number of carbonyl (C=O) groups is 2. The summed E-state index contributed by atoms with van der Waals surface area (Å²) in [5.41, 5.74) is 0. The number of carbonyl (C=O) groups excluding carboxylic acids is 2. The Hall–Kier alpha value is -1.40. The molecule has 1 rings (SSSR count). The third-order valence-corrected chi connectivity index (χ3v) is 11.0. The number of unbranched alkanes of at least 4 members (excludes halogenated alkanes) is 24. The topological polar surface area (TPSA) is 85.4 Å². The van der Waals surface area contributed by atoms with E-state index in [-0.39, 0.29) is 25.2 Å². The maximum atomic E-state index is 12.0. The van der Waals surface area contributed by atoms with Gasteiger partial charge in [-0.15, -0.1) is 0 Å². The quantitative estimate of drug-likeness (QED) is 0.0292. The van der Waals surface area contributed by atoms with Crippen molar-refractivity contribution in [2.75, 3.05) is 13.2 Å². The van der Waals surface area contributed by atoms with Crippen LogP contribution in [0.5, 0.6) is 0 Å². The standard InChI is InChI=1S/C46H86O6/c1-4-6-29-35-43-44(52-43)36-31-26-22-19-20-24-28-33-38-46(49)51-40-42(47)39-50-45(48)37-32-27-23-18-16-14-12-10-8-7-9-11-13-15-17-21-25-30-34-41(3)5-2/h26,31,41-44,47H,4-25,27-30,32-40H2,1-3H3/b31-26-/t41?,42-,43?,44?/m0/s1. The molecule has 0 aliphatic carbocycles. The average Bonchev–Trinajstić information content (AvgIpc) is 3.90. The first-order valence-electron chi connectivity index (χ1n) is 22.8. The van der Waals surface area contributed by atoms with Gasteiger partial charge in [0.05, 0.1) is 12.2 Å². The second-order valence-corrected chi connectivity index (χ2v) is 16.2. The van der Waals surface area contributed by atoms with Gasteiger partial charge in [0.2, 0.25) is 0 Å². The molecule has 0 amide bonds. The zero-order valence-electron chi connectivity index (χ0n) is 34.7. The molecule has 0 saturated carbocycles. The number of ether oxygens (including phenoxy) is 3. The molecule has 6 heteroatoms. The molecule has 4 atom stereocenters. The predicted octanol–water partition coefficient (Wildman–Crippen LogP) is 13.3. The number of allylic oxidation sites excluding steroid dienone is 1. The average molecular weight is 735 g/mol. The molecule has 0 radical (unpaired) electrons. The lowest BCUT2D eigenvalue weighted by Crippen LogP contribution is -2.25. The lowest BCUT2D eigenvalue weighted by Gasteiger charge is -2.12. The first-order valence-corrected chi connectivity index (χ1v) is 22.8. The summed E-state index contributed by atoms with van der Waals surface area (Å²) in [6.45, 7) is 6.68. The van der Waals surface area contributed by atoms with Gasteiger partial charge in [-0.1, -0.05) is 193 Å². The third-order valence-electron chi connectivity index (χ3n) is 11.0. The fourth-order valence-electron chi connectivity index (χ4n) is 7.01. The van der Waals surface area contributed by atoms with Crippen LogP contribution in [0.1, 0.15) is 233 Å². The summed E-state index contributed by atoms with van der Waals surface area (Å²) in [7, 11) is 0. The Balaban J connectivity index is 1.77. The fourth-order valence-corrected chi connectivity index (χ4v) is 7.01. The molecule has 0 aromatic heterocycles. The molecule has 52 heavy (non-hydrogen) atoms. The van der Waals surface area contributed by atoms with Gasteiger partial charge in [0.25, 0.3) is 0 Å². The molecule has 0 aromatic carbocycles. The number of epoxide rings is 1. The van der Waals surface area contributed by atoms with Gasteiger partial charge in [0.1, 0.15) is 19.3 Å². The van der Waals surface area contributed by atoms with Gasteiger partial charge in [0.15, 0.2) is 0 Å². The fraction of sp³-hybridized carbons (Fsp3) is 0.913. The minimum absolute atomic E-state index is 0.119. The smallest absolute Gasteiger partial charge is 0.305 e. The van der Waals surface area contributed by atoms with Crippen molar-refractivity contribution in [1.82, 2.24) is 0 Å². The van der Waals surface area contributed by atoms with Crippen molar-refractivity contribution in [3.63, 3.8) is 0 Å². The number of aliphatic hydroxyl groups is 1. The van der Waals surface area contributed by atoms with Gasteiger partial charge in [-0.2, -0.15) is 0 Å². The highest BCUT2D eigenvalue weighted by atomic mass is 16.6. The van der Waals surface area contributed by atoms with Crippen LogP contribution in [0.25, 0.3) is 0 Å². The van der Waals surface area contributed by atoms with Gasteiger partial charge in [-0.05, 0) is 44.4 Å². The Morgan fingerprint density at radius 3 is 1.48 bits per heavy atom. The summed E-state index contributed by atoms with van der Waals surface area (Å²) in [5, 5.41) is 10.1. The Kier molecular flexibility index (Phi) is 34.2. The molecule has 0 aromatic rings. The molecule has 0 spiro atoms. The summed E-state index contributed by atoms with van der Waals surface area (Å²) in [5.74, 6) is 0.339. The van der Waals surface area contributed by atoms with E-state index < -0.39 is 6.10 Å². The van der Waals surface area contributed by atoms with Crippen LogP contribution in [0.4, 0.5) is 0 Å². The number of hydrogen-bond acceptors (Lipinski definition) is 6. The molecular weight excluding hydrogens is 648 g/mol. The van der Waals surface area contributed by atoms with Crippen LogP contribution in [-0.2, 0) is 23.8 Å². The number of aliphatic hydroxyl groups excluding tert-OH is 1. The largest absolute Gasteiger partial charge is 0.463 e. The normalized spacial score (nSPS) is 16.7. The first-order chi connectivity index (χ1) is 25.5. The van der Waals surface area contributed by atoms with Crippen LogP contribution in [0.15, 0.2) is 12.2 Å². The van der Waals surface area contributed by atoms with Crippen molar-refractivity contribution in [1.29, 1.82) is 0 Å². The van der Waals surface area contributed by atoms with Crippen molar-refractivity contribution in [3.05, 3.63) is 12.2 Å². The van der Waals surface area contributed by atoms with E-state index in [9.17, 15) is 14.7 Å². The van der Waals surface area contributed by atoms with E-state index in [4.69, 9.17) is 14.2 Å². The summed E-state index contributed by atoms with van der Waals surface area (Å²) in [4.78, 5) is 24.0. The molecule has 0 bridgehead atoms. The molecule has 1 saturated heterocycles. The maximum absolute atomic E-state index is 12.0.